The minimum absolute atomic E-state index is 0.260. The van der Waals surface area contributed by atoms with Crippen LogP contribution in [-0.2, 0) is 9.53 Å². The molecule has 0 aromatic heterocycles. The summed E-state index contributed by atoms with van der Waals surface area (Å²) in [7, 11) is 1.28. The van der Waals surface area contributed by atoms with Gasteiger partial charge >= 0.3 is 12.0 Å². The van der Waals surface area contributed by atoms with Crippen LogP contribution in [0.2, 0.25) is 5.02 Å². The largest absolute Gasteiger partial charge is 0.490 e. The number of urea groups is 1. The summed E-state index contributed by atoms with van der Waals surface area (Å²) in [4.78, 5) is 24.1. The lowest BCUT2D eigenvalue weighted by atomic mass is 9.95. The molecule has 2 amide bonds. The summed E-state index contributed by atoms with van der Waals surface area (Å²) in [6.07, 6.45) is 1.59. The van der Waals surface area contributed by atoms with Crippen molar-refractivity contribution in [3.05, 3.63) is 46.6 Å². The second-order valence-corrected chi connectivity index (χ2v) is 5.83. The number of nitrogens with one attached hydrogen (secondary N) is 2. The number of hydrogen-bond acceptors (Lipinski definition) is 5. The van der Waals surface area contributed by atoms with Crippen molar-refractivity contribution in [2.75, 3.05) is 20.3 Å². The van der Waals surface area contributed by atoms with Gasteiger partial charge in [-0.1, -0.05) is 24.3 Å². The number of esters is 1. The molecule has 1 aromatic carbocycles. The molecular weight excluding hydrogens is 360 g/mol. The van der Waals surface area contributed by atoms with Crippen LogP contribution in [0, 0.1) is 0 Å². The second kappa shape index (κ2) is 8.62. The molecule has 0 bridgehead atoms. The SMILES string of the molecule is C=CCOc1c(Cl)cc(C2NC(=O)NC(C)=C2C(=O)OC)cc1OCC. The third-order valence-corrected chi connectivity index (χ3v) is 3.97. The van der Waals surface area contributed by atoms with Gasteiger partial charge in [0, 0.05) is 5.70 Å². The zero-order chi connectivity index (χ0) is 19.3. The van der Waals surface area contributed by atoms with Gasteiger partial charge in [0.25, 0.3) is 0 Å². The summed E-state index contributed by atoms with van der Waals surface area (Å²) in [5, 5.41) is 5.57. The van der Waals surface area contributed by atoms with Crippen LogP contribution in [0.25, 0.3) is 0 Å². The van der Waals surface area contributed by atoms with E-state index in [9.17, 15) is 9.59 Å². The predicted molar refractivity (Wildman–Crippen MR) is 97.4 cm³/mol. The van der Waals surface area contributed by atoms with Gasteiger partial charge in [-0.15, -0.1) is 0 Å². The van der Waals surface area contributed by atoms with E-state index in [2.05, 4.69) is 17.2 Å². The fourth-order valence-corrected chi connectivity index (χ4v) is 2.90. The summed E-state index contributed by atoms with van der Waals surface area (Å²) in [5.41, 5.74) is 1.26. The number of hydrogen-bond donors (Lipinski definition) is 2. The molecule has 0 spiro atoms. The predicted octanol–water partition coefficient (Wildman–Crippen LogP) is 3.10. The first kappa shape index (κ1) is 19.7. The van der Waals surface area contributed by atoms with Crippen molar-refractivity contribution >= 4 is 23.6 Å². The number of carbonyl (C=O) groups excluding carboxylic acids is 2. The number of benzene rings is 1. The number of halogens is 1. The van der Waals surface area contributed by atoms with Crippen molar-refractivity contribution in [2.24, 2.45) is 0 Å². The Hall–Kier alpha value is -2.67. The van der Waals surface area contributed by atoms with E-state index in [4.69, 9.17) is 25.8 Å². The van der Waals surface area contributed by atoms with Gasteiger partial charge in [0.05, 0.1) is 30.4 Å². The maximum absolute atomic E-state index is 12.2. The number of carbonyl (C=O) groups is 2. The molecule has 1 unspecified atom stereocenters. The monoisotopic (exact) mass is 380 g/mol. The van der Waals surface area contributed by atoms with Gasteiger partial charge in [-0.25, -0.2) is 9.59 Å². The fraction of sp³-hybridized carbons (Fsp3) is 0.333. The molecule has 1 aliphatic heterocycles. The van der Waals surface area contributed by atoms with Crippen LogP contribution in [0.15, 0.2) is 36.1 Å². The number of rotatable bonds is 7. The first-order valence-corrected chi connectivity index (χ1v) is 8.37. The highest BCUT2D eigenvalue weighted by atomic mass is 35.5. The Labute approximate surface area is 156 Å². The fourth-order valence-electron chi connectivity index (χ4n) is 2.62. The van der Waals surface area contributed by atoms with Crippen LogP contribution >= 0.6 is 11.6 Å². The van der Waals surface area contributed by atoms with E-state index in [1.807, 2.05) is 6.92 Å². The minimum atomic E-state index is -0.735. The molecule has 1 aromatic rings. The average molecular weight is 381 g/mol. The third kappa shape index (κ3) is 4.11. The van der Waals surface area contributed by atoms with E-state index in [0.717, 1.165) is 0 Å². The molecule has 8 heteroatoms. The number of methoxy groups -OCH3 is 1. The van der Waals surface area contributed by atoms with Gasteiger partial charge in [-0.3, -0.25) is 0 Å². The highest BCUT2D eigenvalue weighted by Crippen LogP contribution is 2.40. The van der Waals surface area contributed by atoms with Crippen LogP contribution in [0.1, 0.15) is 25.5 Å². The summed E-state index contributed by atoms with van der Waals surface area (Å²) < 4.78 is 16.0. The maximum Gasteiger partial charge on any atom is 0.337 e. The van der Waals surface area contributed by atoms with Crippen LogP contribution in [0.3, 0.4) is 0 Å². The molecule has 7 nitrogen and oxygen atoms in total. The van der Waals surface area contributed by atoms with Crippen LogP contribution < -0.4 is 20.1 Å². The molecule has 0 saturated carbocycles. The van der Waals surface area contributed by atoms with E-state index < -0.39 is 18.0 Å². The molecule has 1 aliphatic rings. The zero-order valence-corrected chi connectivity index (χ0v) is 15.6. The van der Waals surface area contributed by atoms with Gasteiger partial charge in [-0.05, 0) is 31.5 Å². The quantitative estimate of drug-likeness (QED) is 0.560. The Kier molecular flexibility index (Phi) is 6.52. The Morgan fingerprint density at radius 2 is 2.12 bits per heavy atom. The topological polar surface area (TPSA) is 85.9 Å². The highest BCUT2D eigenvalue weighted by molar-refractivity contribution is 6.32. The van der Waals surface area contributed by atoms with E-state index in [-0.39, 0.29) is 12.2 Å². The number of allylic oxidation sites excluding steroid dienone is 1. The zero-order valence-electron chi connectivity index (χ0n) is 14.8. The molecule has 0 radical (unpaired) electrons. The lowest BCUT2D eigenvalue weighted by Crippen LogP contribution is -2.45. The molecule has 1 atom stereocenters. The molecule has 0 fully saturated rings. The third-order valence-electron chi connectivity index (χ3n) is 3.69. The first-order valence-electron chi connectivity index (χ1n) is 7.99. The molecule has 2 N–H and O–H groups in total. The van der Waals surface area contributed by atoms with Crippen LogP contribution in [-0.4, -0.2) is 32.3 Å². The summed E-state index contributed by atoms with van der Waals surface area (Å²) in [6, 6.07) is 2.14. The van der Waals surface area contributed by atoms with Crippen LogP contribution in [0.5, 0.6) is 11.5 Å². The van der Waals surface area contributed by atoms with Crippen molar-refractivity contribution in [3.8, 4) is 11.5 Å². The van der Waals surface area contributed by atoms with Crippen molar-refractivity contribution in [1.82, 2.24) is 10.6 Å². The Morgan fingerprint density at radius 1 is 1.38 bits per heavy atom. The summed E-state index contributed by atoms with van der Waals surface area (Å²) in [6.45, 7) is 7.71. The van der Waals surface area contributed by atoms with Crippen molar-refractivity contribution in [1.29, 1.82) is 0 Å². The average Bonchev–Trinajstić information content (AvgIpc) is 2.60. The molecule has 26 heavy (non-hydrogen) atoms. The summed E-state index contributed by atoms with van der Waals surface area (Å²) in [5.74, 6) is 0.227. The van der Waals surface area contributed by atoms with Crippen molar-refractivity contribution in [2.45, 2.75) is 19.9 Å². The van der Waals surface area contributed by atoms with E-state index in [1.165, 1.54) is 7.11 Å². The Balaban J connectivity index is 2.54. The van der Waals surface area contributed by atoms with Gasteiger partial charge in [0.1, 0.15) is 6.61 Å². The molecule has 1 heterocycles. The van der Waals surface area contributed by atoms with Gasteiger partial charge in [0.2, 0.25) is 0 Å². The minimum Gasteiger partial charge on any atom is -0.490 e. The normalized spacial score (nSPS) is 16.5. The maximum atomic E-state index is 12.2. The van der Waals surface area contributed by atoms with Crippen LogP contribution in [0.4, 0.5) is 4.79 Å². The molecule has 140 valence electrons. The highest BCUT2D eigenvalue weighted by Gasteiger charge is 2.33. The molecule has 2 rings (SSSR count). The van der Waals surface area contributed by atoms with E-state index in [1.54, 1.807) is 25.1 Å². The Morgan fingerprint density at radius 3 is 2.73 bits per heavy atom. The lowest BCUT2D eigenvalue weighted by Gasteiger charge is -2.28. The van der Waals surface area contributed by atoms with Gasteiger partial charge in [-0.2, -0.15) is 0 Å². The van der Waals surface area contributed by atoms with Gasteiger partial charge in [0.15, 0.2) is 11.5 Å². The number of amides is 2. The van der Waals surface area contributed by atoms with Crippen molar-refractivity contribution in [3.63, 3.8) is 0 Å². The number of ether oxygens (including phenoxy) is 3. The smallest absolute Gasteiger partial charge is 0.337 e. The molecule has 0 aliphatic carbocycles. The van der Waals surface area contributed by atoms with E-state index in [0.29, 0.717) is 34.4 Å². The second-order valence-electron chi connectivity index (χ2n) is 5.42. The molecule has 0 saturated heterocycles. The first-order chi connectivity index (χ1) is 12.4. The van der Waals surface area contributed by atoms with Crippen molar-refractivity contribution < 1.29 is 23.8 Å². The van der Waals surface area contributed by atoms with E-state index >= 15 is 0 Å². The Bertz CT molecular complexity index is 760. The molecular formula is C18H21ClN2O5. The van der Waals surface area contributed by atoms with Gasteiger partial charge < -0.3 is 24.8 Å². The standard InChI is InChI=1S/C18H21ClN2O5/c1-5-7-26-16-12(19)8-11(9-13(16)25-6-2)15-14(17(22)24-4)10(3)20-18(23)21-15/h5,8-9,15H,1,6-7H2,2-4H3,(H2,20,21,23). The lowest BCUT2D eigenvalue weighted by molar-refractivity contribution is -0.136. The summed E-state index contributed by atoms with van der Waals surface area (Å²) >= 11 is 6.36.